The van der Waals surface area contributed by atoms with E-state index >= 15 is 0 Å². The summed E-state index contributed by atoms with van der Waals surface area (Å²) in [7, 11) is 0. The minimum absolute atomic E-state index is 0.0531. The average molecular weight is 286 g/mol. The summed E-state index contributed by atoms with van der Waals surface area (Å²) in [6.45, 7) is 3.80. The number of hydrogen-bond acceptors (Lipinski definition) is 3. The summed E-state index contributed by atoms with van der Waals surface area (Å²) in [5.41, 5.74) is 12.2. The molecule has 1 unspecified atom stereocenters. The van der Waals surface area contributed by atoms with Crippen LogP contribution in [0.2, 0.25) is 5.02 Å². The molecule has 1 atom stereocenters. The summed E-state index contributed by atoms with van der Waals surface area (Å²) >= 11 is 10.8. The van der Waals surface area contributed by atoms with Crippen molar-refractivity contribution in [3.8, 4) is 0 Å². The van der Waals surface area contributed by atoms with Gasteiger partial charge in [0.2, 0.25) is 5.91 Å². The van der Waals surface area contributed by atoms with E-state index in [1.165, 1.54) is 0 Å². The highest BCUT2D eigenvalue weighted by atomic mass is 35.5. The summed E-state index contributed by atoms with van der Waals surface area (Å²) in [6, 6.07) is 4.60. The number of amides is 1. The van der Waals surface area contributed by atoms with E-state index < -0.39 is 11.9 Å². The van der Waals surface area contributed by atoms with Crippen LogP contribution in [-0.2, 0) is 4.79 Å². The molecule has 4 nitrogen and oxygen atoms in total. The maximum atomic E-state index is 11.4. The summed E-state index contributed by atoms with van der Waals surface area (Å²) in [5, 5.41) is 3.59. The van der Waals surface area contributed by atoms with Crippen LogP contribution in [0.25, 0.3) is 0 Å². The molecule has 0 fully saturated rings. The molecule has 0 saturated heterocycles. The summed E-state index contributed by atoms with van der Waals surface area (Å²) in [6.07, 6.45) is 0. The van der Waals surface area contributed by atoms with Gasteiger partial charge in [-0.2, -0.15) is 0 Å². The maximum Gasteiger partial charge on any atom is 0.240 e. The molecule has 0 aromatic heterocycles. The van der Waals surface area contributed by atoms with Gasteiger partial charge in [-0.05, 0) is 24.1 Å². The number of hydrogen-bond donors (Lipinski definition) is 3. The first-order valence-corrected chi connectivity index (χ1v) is 6.26. The van der Waals surface area contributed by atoms with Gasteiger partial charge < -0.3 is 16.8 Å². The topological polar surface area (TPSA) is 81.1 Å². The number of carbonyl (C=O) groups is 1. The van der Waals surface area contributed by atoms with Gasteiger partial charge in [-0.25, -0.2) is 0 Å². The first kappa shape index (κ1) is 14.7. The first-order chi connectivity index (χ1) is 8.32. The Balaban J connectivity index is 3.10. The van der Waals surface area contributed by atoms with E-state index in [-0.39, 0.29) is 10.9 Å². The van der Waals surface area contributed by atoms with Crippen molar-refractivity contribution in [1.29, 1.82) is 0 Å². The van der Waals surface area contributed by atoms with Crippen molar-refractivity contribution in [2.24, 2.45) is 17.4 Å². The Morgan fingerprint density at radius 3 is 2.44 bits per heavy atom. The molecule has 98 valence electrons. The molecular weight excluding hydrogens is 270 g/mol. The van der Waals surface area contributed by atoms with Gasteiger partial charge in [-0.3, -0.25) is 4.79 Å². The molecule has 0 bridgehead atoms. The van der Waals surface area contributed by atoms with Crippen LogP contribution in [0, 0.1) is 5.92 Å². The number of halogens is 1. The SMILES string of the molecule is CC(C)C(Nc1ccc(Cl)cc1C(N)=S)C(N)=O. The normalized spacial score (nSPS) is 12.2. The van der Waals surface area contributed by atoms with Gasteiger partial charge in [0, 0.05) is 16.3 Å². The number of primary amides is 1. The van der Waals surface area contributed by atoms with E-state index in [0.29, 0.717) is 16.3 Å². The highest BCUT2D eigenvalue weighted by molar-refractivity contribution is 7.80. The van der Waals surface area contributed by atoms with E-state index in [1.807, 2.05) is 13.8 Å². The summed E-state index contributed by atoms with van der Waals surface area (Å²) in [4.78, 5) is 11.6. The van der Waals surface area contributed by atoms with Crippen molar-refractivity contribution in [3.05, 3.63) is 28.8 Å². The van der Waals surface area contributed by atoms with Crippen LogP contribution in [0.3, 0.4) is 0 Å². The Bertz CT molecular complexity index is 476. The molecular formula is C12H16ClN3OS. The van der Waals surface area contributed by atoms with Gasteiger partial charge in [0.05, 0.1) is 0 Å². The Morgan fingerprint density at radius 2 is 2.00 bits per heavy atom. The molecule has 18 heavy (non-hydrogen) atoms. The fraction of sp³-hybridized carbons (Fsp3) is 0.333. The standard InChI is InChI=1S/C12H16ClN3OS/c1-6(2)10(11(14)17)16-9-4-3-7(13)5-8(9)12(15)18/h3-6,10,16H,1-2H3,(H2,14,17)(H2,15,18). The van der Waals surface area contributed by atoms with Crippen molar-refractivity contribution < 1.29 is 4.79 Å². The summed E-state index contributed by atoms with van der Waals surface area (Å²) < 4.78 is 0. The lowest BCUT2D eigenvalue weighted by molar-refractivity contribution is -0.119. The molecule has 5 N–H and O–H groups in total. The van der Waals surface area contributed by atoms with Gasteiger partial charge in [0.15, 0.2) is 0 Å². The molecule has 0 heterocycles. The fourth-order valence-corrected chi connectivity index (χ4v) is 1.92. The van der Waals surface area contributed by atoms with Gasteiger partial charge in [-0.1, -0.05) is 37.7 Å². The molecule has 0 aliphatic rings. The van der Waals surface area contributed by atoms with E-state index in [1.54, 1.807) is 18.2 Å². The van der Waals surface area contributed by atoms with Gasteiger partial charge in [-0.15, -0.1) is 0 Å². The van der Waals surface area contributed by atoms with Crippen LogP contribution in [-0.4, -0.2) is 16.9 Å². The molecule has 1 rings (SSSR count). The van der Waals surface area contributed by atoms with Crippen LogP contribution in [0.4, 0.5) is 5.69 Å². The smallest absolute Gasteiger partial charge is 0.240 e. The fourth-order valence-electron chi connectivity index (χ4n) is 1.58. The second kappa shape index (κ2) is 6.02. The molecule has 0 saturated carbocycles. The second-order valence-electron chi connectivity index (χ2n) is 4.32. The van der Waals surface area contributed by atoms with Crippen molar-refractivity contribution in [2.45, 2.75) is 19.9 Å². The lowest BCUT2D eigenvalue weighted by Gasteiger charge is -2.22. The number of rotatable bonds is 5. The third-order valence-electron chi connectivity index (χ3n) is 2.53. The second-order valence-corrected chi connectivity index (χ2v) is 5.20. The van der Waals surface area contributed by atoms with E-state index in [9.17, 15) is 4.79 Å². The Morgan fingerprint density at radius 1 is 1.39 bits per heavy atom. The first-order valence-electron chi connectivity index (χ1n) is 5.48. The summed E-state index contributed by atoms with van der Waals surface area (Å²) in [5.74, 6) is -0.369. The van der Waals surface area contributed by atoms with E-state index in [2.05, 4.69) is 5.32 Å². The third kappa shape index (κ3) is 3.58. The number of thiocarbonyl (C=S) groups is 1. The quantitative estimate of drug-likeness (QED) is 0.722. The minimum Gasteiger partial charge on any atom is -0.389 e. The van der Waals surface area contributed by atoms with Gasteiger partial charge >= 0.3 is 0 Å². The number of nitrogens with two attached hydrogens (primary N) is 2. The molecule has 0 spiro atoms. The van der Waals surface area contributed by atoms with Gasteiger partial charge in [0.1, 0.15) is 11.0 Å². The molecule has 6 heteroatoms. The Kier molecular flexibility index (Phi) is 4.93. The number of nitrogens with one attached hydrogen (secondary N) is 1. The lowest BCUT2D eigenvalue weighted by atomic mass is 10.0. The number of anilines is 1. The predicted molar refractivity (Wildman–Crippen MR) is 78.8 cm³/mol. The van der Waals surface area contributed by atoms with Crippen LogP contribution in [0.15, 0.2) is 18.2 Å². The van der Waals surface area contributed by atoms with Crippen LogP contribution < -0.4 is 16.8 Å². The largest absolute Gasteiger partial charge is 0.389 e. The molecule has 1 amide bonds. The lowest BCUT2D eigenvalue weighted by Crippen LogP contribution is -2.40. The van der Waals surface area contributed by atoms with Crippen molar-refractivity contribution in [1.82, 2.24) is 0 Å². The third-order valence-corrected chi connectivity index (χ3v) is 2.99. The Hall–Kier alpha value is -1.33. The number of carbonyl (C=O) groups excluding carboxylic acids is 1. The molecule has 0 radical (unpaired) electrons. The highest BCUT2D eigenvalue weighted by Gasteiger charge is 2.20. The molecule has 1 aromatic carbocycles. The zero-order valence-corrected chi connectivity index (χ0v) is 11.8. The molecule has 1 aromatic rings. The van der Waals surface area contributed by atoms with Crippen LogP contribution >= 0.6 is 23.8 Å². The predicted octanol–water partition coefficient (Wildman–Crippen LogP) is 1.90. The zero-order chi connectivity index (χ0) is 13.9. The Labute approximate surface area is 117 Å². The molecule has 0 aliphatic carbocycles. The average Bonchev–Trinajstić information content (AvgIpc) is 2.25. The highest BCUT2D eigenvalue weighted by Crippen LogP contribution is 2.22. The van der Waals surface area contributed by atoms with E-state index in [4.69, 9.17) is 35.3 Å². The van der Waals surface area contributed by atoms with Crippen LogP contribution in [0.1, 0.15) is 19.4 Å². The van der Waals surface area contributed by atoms with Crippen molar-refractivity contribution in [2.75, 3.05) is 5.32 Å². The monoisotopic (exact) mass is 285 g/mol. The van der Waals surface area contributed by atoms with Crippen molar-refractivity contribution in [3.63, 3.8) is 0 Å². The number of benzene rings is 1. The zero-order valence-electron chi connectivity index (χ0n) is 10.2. The van der Waals surface area contributed by atoms with Crippen molar-refractivity contribution >= 4 is 40.4 Å². The molecule has 0 aliphatic heterocycles. The van der Waals surface area contributed by atoms with E-state index in [0.717, 1.165) is 0 Å². The minimum atomic E-state index is -0.487. The van der Waals surface area contributed by atoms with Gasteiger partial charge in [0.25, 0.3) is 0 Å². The maximum absolute atomic E-state index is 11.4. The van der Waals surface area contributed by atoms with Crippen LogP contribution in [0.5, 0.6) is 0 Å².